The number of ether oxygens (including phenoxy) is 5. The van der Waals surface area contributed by atoms with Crippen molar-refractivity contribution < 1.29 is 47.3 Å². The Balaban J connectivity index is 0.693. The van der Waals surface area contributed by atoms with Gasteiger partial charge >= 0.3 is 0 Å². The van der Waals surface area contributed by atoms with Crippen LogP contribution in [0.5, 0.6) is 11.8 Å². The summed E-state index contributed by atoms with van der Waals surface area (Å²) in [5.74, 6) is 0.534. The van der Waals surface area contributed by atoms with Crippen LogP contribution in [0.3, 0.4) is 0 Å². The van der Waals surface area contributed by atoms with Gasteiger partial charge in [0, 0.05) is 80.4 Å². The second-order valence-corrected chi connectivity index (χ2v) is 15.9. The molecule has 3 aromatic carbocycles. The van der Waals surface area contributed by atoms with E-state index < -0.39 is 0 Å². The Morgan fingerprint density at radius 1 is 0.879 bits per heavy atom. The third-order valence-electron chi connectivity index (χ3n) is 10.8. The van der Waals surface area contributed by atoms with Crippen molar-refractivity contribution in [2.45, 2.75) is 19.8 Å². The SMILES string of the molecule is C=CC(=O)N1CCN(c2ccc(CCC(=O)NCCOCCOCCOCCOCCNC(=O)c3cc(Oc4nc5cc(-c6ccc7c(ccn7C)c6)c(Cl)cc5[nH]4)ccc3C)o2)C(=O)C1. The Morgan fingerprint density at radius 3 is 2.33 bits per heavy atom. The summed E-state index contributed by atoms with van der Waals surface area (Å²) in [6.07, 6.45) is 3.82. The number of H-pyrrole nitrogens is 1. The van der Waals surface area contributed by atoms with Gasteiger partial charge in [-0.2, -0.15) is 4.98 Å². The smallest absolute Gasteiger partial charge is 0.300 e. The lowest BCUT2D eigenvalue weighted by Crippen LogP contribution is -2.52. The van der Waals surface area contributed by atoms with E-state index in [0.29, 0.717) is 119 Å². The number of carbonyl (C=O) groups excluding carboxylic acids is 4. The molecule has 0 aliphatic carbocycles. The van der Waals surface area contributed by atoms with Crippen molar-refractivity contribution in [2.75, 3.05) is 90.5 Å². The van der Waals surface area contributed by atoms with Crippen LogP contribution >= 0.6 is 11.6 Å². The first-order valence-corrected chi connectivity index (χ1v) is 22.1. The number of anilines is 1. The maximum atomic E-state index is 13.1. The number of hydrogen-bond acceptors (Lipinski definition) is 11. The maximum Gasteiger partial charge on any atom is 0.300 e. The van der Waals surface area contributed by atoms with Crippen molar-refractivity contribution in [3.05, 3.63) is 107 Å². The molecule has 1 fully saturated rings. The molecule has 7 rings (SSSR count). The Labute approximate surface area is 386 Å². The van der Waals surface area contributed by atoms with E-state index in [1.807, 2.05) is 44.4 Å². The van der Waals surface area contributed by atoms with E-state index in [4.69, 9.17) is 39.7 Å². The van der Waals surface area contributed by atoms with Gasteiger partial charge in [-0.3, -0.25) is 24.1 Å². The summed E-state index contributed by atoms with van der Waals surface area (Å²) in [6.45, 7) is 9.60. The van der Waals surface area contributed by atoms with Crippen molar-refractivity contribution in [1.82, 2.24) is 30.1 Å². The van der Waals surface area contributed by atoms with Crippen LogP contribution in [0.1, 0.15) is 28.1 Å². The van der Waals surface area contributed by atoms with E-state index in [1.165, 1.54) is 15.9 Å². The van der Waals surface area contributed by atoms with Crippen LogP contribution < -0.4 is 20.3 Å². The lowest BCUT2D eigenvalue weighted by atomic mass is 10.0. The van der Waals surface area contributed by atoms with E-state index >= 15 is 0 Å². The van der Waals surface area contributed by atoms with E-state index in [2.05, 4.69) is 49.9 Å². The summed E-state index contributed by atoms with van der Waals surface area (Å²) >= 11 is 6.72. The highest BCUT2D eigenvalue weighted by Gasteiger charge is 2.29. The average molecular weight is 924 g/mol. The normalized spacial score (nSPS) is 12.9. The monoisotopic (exact) mass is 923 g/mol. The highest BCUT2D eigenvalue weighted by Crippen LogP contribution is 2.35. The Bertz CT molecular complexity index is 2660. The van der Waals surface area contributed by atoms with Gasteiger partial charge in [0.2, 0.25) is 23.6 Å². The Hall–Kier alpha value is -6.50. The molecule has 3 N–H and O–H groups in total. The topological polar surface area (TPSA) is 192 Å². The number of imidazole rings is 1. The fraction of sp³-hybridized carbons (Fsp3) is 0.354. The molecular weight excluding hydrogens is 870 g/mol. The molecule has 18 heteroatoms. The molecule has 348 valence electrons. The number of benzene rings is 3. The number of nitrogens with one attached hydrogen (secondary N) is 3. The van der Waals surface area contributed by atoms with Gasteiger partial charge in [-0.15, -0.1) is 0 Å². The van der Waals surface area contributed by atoms with Gasteiger partial charge in [0.05, 0.1) is 68.9 Å². The molecule has 0 atom stereocenters. The molecule has 1 aliphatic rings. The zero-order valence-corrected chi connectivity index (χ0v) is 37.8. The van der Waals surface area contributed by atoms with Crippen molar-refractivity contribution >= 4 is 63.1 Å². The zero-order chi connectivity index (χ0) is 46.4. The minimum atomic E-state index is -0.281. The summed E-state index contributed by atoms with van der Waals surface area (Å²) in [6, 6.07) is 21.1. The lowest BCUT2D eigenvalue weighted by molar-refractivity contribution is -0.133. The van der Waals surface area contributed by atoms with Gasteiger partial charge in [-0.1, -0.05) is 30.3 Å². The third-order valence-corrected chi connectivity index (χ3v) is 11.2. The van der Waals surface area contributed by atoms with Crippen molar-refractivity contribution in [1.29, 1.82) is 0 Å². The van der Waals surface area contributed by atoms with Crippen LogP contribution in [0.25, 0.3) is 33.1 Å². The van der Waals surface area contributed by atoms with Crippen LogP contribution in [0.2, 0.25) is 5.02 Å². The molecule has 4 amide bonds. The number of hydrogen-bond donors (Lipinski definition) is 3. The summed E-state index contributed by atoms with van der Waals surface area (Å²) in [5, 5.41) is 7.42. The van der Waals surface area contributed by atoms with Crippen LogP contribution in [-0.4, -0.2) is 129 Å². The predicted molar refractivity (Wildman–Crippen MR) is 249 cm³/mol. The van der Waals surface area contributed by atoms with E-state index in [9.17, 15) is 19.2 Å². The van der Waals surface area contributed by atoms with Crippen LogP contribution in [0.4, 0.5) is 5.88 Å². The summed E-state index contributed by atoms with van der Waals surface area (Å²) in [4.78, 5) is 60.4. The van der Waals surface area contributed by atoms with Gasteiger partial charge in [0.1, 0.15) is 18.1 Å². The summed E-state index contributed by atoms with van der Waals surface area (Å²) in [5.41, 5.74) is 5.70. The third kappa shape index (κ3) is 12.6. The Morgan fingerprint density at radius 2 is 1.61 bits per heavy atom. The predicted octanol–water partition coefficient (Wildman–Crippen LogP) is 5.98. The molecule has 66 heavy (non-hydrogen) atoms. The first-order valence-electron chi connectivity index (χ1n) is 21.8. The van der Waals surface area contributed by atoms with Crippen LogP contribution in [-0.2, 0) is 46.8 Å². The van der Waals surface area contributed by atoms with Gasteiger partial charge in [-0.05, 0) is 72.7 Å². The van der Waals surface area contributed by atoms with Crippen molar-refractivity contribution in [3.63, 3.8) is 0 Å². The van der Waals surface area contributed by atoms with Crippen molar-refractivity contribution in [2.24, 2.45) is 7.05 Å². The molecule has 6 aromatic rings. The fourth-order valence-corrected chi connectivity index (χ4v) is 7.57. The number of carbonyl (C=O) groups is 4. The molecule has 3 aromatic heterocycles. The largest absolute Gasteiger partial charge is 0.445 e. The standard InChI is InChI=1S/C48H54ClN7O10/c1-4-44(58)55-17-18-56(45(59)31-55)46-12-9-35(65-46)8-11-43(57)50-14-19-61-21-23-63-25-26-64-24-22-62-20-15-51-47(60)37-28-36(7-5-32(37)2)66-48-52-40-29-38(39(49)30-41(40)53-48)33-6-10-42-34(27-33)13-16-54(42)3/h4-7,9-10,12-13,16,27-30H,1,8,11,14-15,17-26,31H2,2-3H3,(H,50,57)(H,51,60)(H,52,53). The van der Waals surface area contributed by atoms with Crippen LogP contribution in [0.15, 0.2) is 90.0 Å². The molecular formula is C48H54ClN7O10. The van der Waals surface area contributed by atoms with E-state index in [0.717, 1.165) is 33.1 Å². The maximum absolute atomic E-state index is 13.1. The first kappa shape index (κ1) is 47.5. The molecule has 17 nitrogen and oxygen atoms in total. The minimum Gasteiger partial charge on any atom is -0.445 e. The molecule has 0 spiro atoms. The quantitative estimate of drug-likeness (QED) is 0.0479. The number of halogens is 1. The number of rotatable bonds is 24. The summed E-state index contributed by atoms with van der Waals surface area (Å²) in [7, 11) is 2.02. The number of aromatic nitrogens is 3. The average Bonchev–Trinajstić information content (AvgIpc) is 4.05. The van der Waals surface area contributed by atoms with E-state index in [1.54, 1.807) is 24.3 Å². The molecule has 1 saturated heterocycles. The second kappa shape index (κ2) is 23.1. The number of aryl methyl sites for hydroxylation is 3. The molecule has 0 bridgehead atoms. The number of amides is 4. The highest BCUT2D eigenvalue weighted by molar-refractivity contribution is 6.34. The highest BCUT2D eigenvalue weighted by atomic mass is 35.5. The minimum absolute atomic E-state index is 0.0356. The van der Waals surface area contributed by atoms with Crippen LogP contribution in [0, 0.1) is 6.92 Å². The molecule has 0 saturated carbocycles. The molecule has 0 unspecified atom stereocenters. The molecule has 1 aliphatic heterocycles. The second-order valence-electron chi connectivity index (χ2n) is 15.5. The number of piperazine rings is 1. The number of aromatic amines is 1. The van der Waals surface area contributed by atoms with Gasteiger partial charge in [0.15, 0.2) is 0 Å². The van der Waals surface area contributed by atoms with Crippen molar-refractivity contribution in [3.8, 4) is 22.9 Å². The van der Waals surface area contributed by atoms with Gasteiger partial charge in [0.25, 0.3) is 11.9 Å². The number of nitrogens with zero attached hydrogens (tertiary/aromatic N) is 4. The van der Waals surface area contributed by atoms with Gasteiger partial charge in [-0.25, -0.2) is 0 Å². The molecule has 4 heterocycles. The zero-order valence-electron chi connectivity index (χ0n) is 37.1. The number of furan rings is 1. The lowest BCUT2D eigenvalue weighted by Gasteiger charge is -2.32. The fourth-order valence-electron chi connectivity index (χ4n) is 7.30. The Kier molecular flexibility index (Phi) is 16.6. The van der Waals surface area contributed by atoms with E-state index in [-0.39, 0.29) is 42.6 Å². The van der Waals surface area contributed by atoms with Gasteiger partial charge < -0.3 is 53.2 Å². The molecule has 0 radical (unpaired) electrons. The first-order chi connectivity index (χ1) is 32.1. The summed E-state index contributed by atoms with van der Waals surface area (Å²) < 4.78 is 36.2. The number of fused-ring (bicyclic) bond motifs is 2.